The van der Waals surface area contributed by atoms with Gasteiger partial charge in [0.25, 0.3) is 0 Å². The number of aromatic nitrogens is 1. The van der Waals surface area contributed by atoms with Crippen molar-refractivity contribution in [2.45, 2.75) is 19.7 Å². The van der Waals surface area contributed by atoms with Crippen LogP contribution < -0.4 is 15.4 Å². The lowest BCUT2D eigenvalue weighted by atomic mass is 10.2. The number of nitrogens with zero attached hydrogens (tertiary/aromatic N) is 2. The first kappa shape index (κ1) is 18.5. The Hall–Kier alpha value is -3.34. The highest BCUT2D eigenvalue weighted by Crippen LogP contribution is 2.11. The minimum absolute atomic E-state index is 0.505. The van der Waals surface area contributed by atoms with E-state index >= 15 is 0 Å². The van der Waals surface area contributed by atoms with Crippen molar-refractivity contribution < 1.29 is 4.74 Å². The Bertz CT molecular complexity index is 850. The first-order valence-electron chi connectivity index (χ1n) is 8.93. The van der Waals surface area contributed by atoms with Crippen LogP contribution in [0.2, 0.25) is 0 Å². The van der Waals surface area contributed by atoms with Crippen molar-refractivity contribution in [1.29, 1.82) is 0 Å². The lowest BCUT2D eigenvalue weighted by molar-refractivity contribution is 0.293. The summed E-state index contributed by atoms with van der Waals surface area (Å²) in [5.41, 5.74) is 3.41. The van der Waals surface area contributed by atoms with Crippen LogP contribution in [0.3, 0.4) is 0 Å². The van der Waals surface area contributed by atoms with Gasteiger partial charge in [-0.15, -0.1) is 0 Å². The zero-order valence-corrected chi connectivity index (χ0v) is 15.4. The van der Waals surface area contributed by atoms with E-state index in [9.17, 15) is 0 Å². The molecule has 3 aromatic rings. The van der Waals surface area contributed by atoms with E-state index < -0.39 is 0 Å². The van der Waals surface area contributed by atoms with Gasteiger partial charge in [0.1, 0.15) is 6.61 Å². The standard InChI is InChI=1S/C22H24N4O/c1-23-22(25-15-18-8-4-2-5-9-18)26-16-20-12-13-24-21(14-20)27-17-19-10-6-3-7-11-19/h2-14H,15-17H2,1H3,(H2,23,25,26). The summed E-state index contributed by atoms with van der Waals surface area (Å²) in [6.07, 6.45) is 1.76. The minimum atomic E-state index is 0.505. The first-order valence-corrected chi connectivity index (χ1v) is 8.93. The largest absolute Gasteiger partial charge is 0.473 e. The molecule has 0 aliphatic carbocycles. The predicted molar refractivity (Wildman–Crippen MR) is 108 cm³/mol. The number of hydrogen-bond donors (Lipinski definition) is 2. The Morgan fingerprint density at radius 1 is 0.852 bits per heavy atom. The number of guanidine groups is 1. The third kappa shape index (κ3) is 6.15. The number of aliphatic imine (C=N–C) groups is 1. The monoisotopic (exact) mass is 360 g/mol. The third-order valence-electron chi connectivity index (χ3n) is 4.02. The van der Waals surface area contributed by atoms with Crippen LogP contribution in [0, 0.1) is 0 Å². The van der Waals surface area contributed by atoms with Crippen LogP contribution in [-0.2, 0) is 19.7 Å². The lowest BCUT2D eigenvalue weighted by Gasteiger charge is -2.12. The normalized spacial score (nSPS) is 11.1. The molecule has 3 rings (SSSR count). The fourth-order valence-corrected chi connectivity index (χ4v) is 2.56. The van der Waals surface area contributed by atoms with Gasteiger partial charge in [0.2, 0.25) is 5.88 Å². The van der Waals surface area contributed by atoms with Crippen molar-refractivity contribution >= 4 is 5.96 Å². The molecular formula is C22H24N4O. The minimum Gasteiger partial charge on any atom is -0.473 e. The van der Waals surface area contributed by atoms with Gasteiger partial charge < -0.3 is 15.4 Å². The summed E-state index contributed by atoms with van der Waals surface area (Å²) in [5.74, 6) is 1.37. The molecule has 138 valence electrons. The van der Waals surface area contributed by atoms with E-state index in [-0.39, 0.29) is 0 Å². The molecule has 0 amide bonds. The Balaban J connectivity index is 1.49. The van der Waals surface area contributed by atoms with E-state index in [4.69, 9.17) is 4.74 Å². The van der Waals surface area contributed by atoms with Crippen LogP contribution in [0.15, 0.2) is 84.0 Å². The zero-order chi connectivity index (χ0) is 18.7. The molecule has 1 heterocycles. The summed E-state index contributed by atoms with van der Waals surface area (Å²) in [7, 11) is 1.77. The lowest BCUT2D eigenvalue weighted by Crippen LogP contribution is -2.36. The van der Waals surface area contributed by atoms with Crippen LogP contribution >= 0.6 is 0 Å². The molecule has 27 heavy (non-hydrogen) atoms. The molecule has 0 spiro atoms. The molecule has 0 atom stereocenters. The van der Waals surface area contributed by atoms with Gasteiger partial charge in [-0.3, -0.25) is 4.99 Å². The Kier molecular flexibility index (Phi) is 6.81. The molecule has 0 radical (unpaired) electrons. The first-order chi connectivity index (χ1) is 13.3. The summed E-state index contributed by atoms with van der Waals surface area (Å²) in [5, 5.41) is 6.62. The van der Waals surface area contributed by atoms with Gasteiger partial charge in [-0.2, -0.15) is 0 Å². The molecule has 0 fully saturated rings. The molecule has 0 saturated heterocycles. The van der Waals surface area contributed by atoms with E-state index in [1.807, 2.05) is 60.7 Å². The van der Waals surface area contributed by atoms with Crippen molar-refractivity contribution in [2.24, 2.45) is 4.99 Å². The second kappa shape index (κ2) is 9.97. The van der Waals surface area contributed by atoms with Gasteiger partial charge in [0, 0.05) is 32.4 Å². The van der Waals surface area contributed by atoms with Crippen molar-refractivity contribution in [1.82, 2.24) is 15.6 Å². The molecule has 5 heteroatoms. The summed E-state index contributed by atoms with van der Waals surface area (Å²) in [6, 6.07) is 24.2. The zero-order valence-electron chi connectivity index (χ0n) is 15.4. The van der Waals surface area contributed by atoms with Gasteiger partial charge >= 0.3 is 0 Å². The maximum absolute atomic E-state index is 5.79. The Morgan fingerprint density at radius 2 is 1.48 bits per heavy atom. The smallest absolute Gasteiger partial charge is 0.213 e. The third-order valence-corrected chi connectivity index (χ3v) is 4.02. The average Bonchev–Trinajstić information content (AvgIpc) is 2.74. The van der Waals surface area contributed by atoms with Crippen LogP contribution in [0.1, 0.15) is 16.7 Å². The average molecular weight is 360 g/mol. The number of rotatable bonds is 7. The SMILES string of the molecule is CN=C(NCc1ccccc1)NCc1ccnc(OCc2ccccc2)c1. The van der Waals surface area contributed by atoms with Crippen LogP contribution in [0.5, 0.6) is 5.88 Å². The quantitative estimate of drug-likeness (QED) is 0.500. The molecule has 5 nitrogen and oxygen atoms in total. The van der Waals surface area contributed by atoms with Gasteiger partial charge in [0.15, 0.2) is 5.96 Å². The van der Waals surface area contributed by atoms with Gasteiger partial charge in [0.05, 0.1) is 0 Å². The van der Waals surface area contributed by atoms with Crippen LogP contribution in [0.4, 0.5) is 0 Å². The molecular weight excluding hydrogens is 336 g/mol. The van der Waals surface area contributed by atoms with Gasteiger partial charge in [-0.1, -0.05) is 60.7 Å². The van der Waals surface area contributed by atoms with Crippen molar-refractivity contribution in [3.8, 4) is 5.88 Å². The highest BCUT2D eigenvalue weighted by molar-refractivity contribution is 5.79. The Morgan fingerprint density at radius 3 is 2.15 bits per heavy atom. The molecule has 0 unspecified atom stereocenters. The highest BCUT2D eigenvalue weighted by Gasteiger charge is 2.02. The summed E-state index contributed by atoms with van der Waals surface area (Å²) < 4.78 is 5.79. The van der Waals surface area contributed by atoms with E-state index in [0.717, 1.165) is 23.6 Å². The molecule has 2 N–H and O–H groups in total. The highest BCUT2D eigenvalue weighted by atomic mass is 16.5. The van der Waals surface area contributed by atoms with Gasteiger partial charge in [-0.25, -0.2) is 4.98 Å². The molecule has 2 aromatic carbocycles. The summed E-state index contributed by atoms with van der Waals surface area (Å²) in [4.78, 5) is 8.55. The second-order valence-electron chi connectivity index (χ2n) is 6.04. The molecule has 1 aromatic heterocycles. The number of hydrogen-bond acceptors (Lipinski definition) is 3. The maximum atomic E-state index is 5.79. The summed E-state index contributed by atoms with van der Waals surface area (Å²) in [6.45, 7) is 1.87. The molecule has 0 aliphatic heterocycles. The van der Waals surface area contributed by atoms with E-state index in [0.29, 0.717) is 19.0 Å². The maximum Gasteiger partial charge on any atom is 0.213 e. The van der Waals surface area contributed by atoms with Crippen molar-refractivity contribution in [3.63, 3.8) is 0 Å². The fourth-order valence-electron chi connectivity index (χ4n) is 2.56. The molecule has 0 bridgehead atoms. The number of pyridine rings is 1. The number of nitrogens with one attached hydrogen (secondary N) is 2. The van der Waals surface area contributed by atoms with Crippen LogP contribution in [0.25, 0.3) is 0 Å². The number of ether oxygens (including phenoxy) is 1. The summed E-state index contributed by atoms with van der Waals surface area (Å²) >= 11 is 0. The molecule has 0 aliphatic rings. The van der Waals surface area contributed by atoms with E-state index in [1.165, 1.54) is 5.56 Å². The number of benzene rings is 2. The topological polar surface area (TPSA) is 58.5 Å². The van der Waals surface area contributed by atoms with Gasteiger partial charge in [-0.05, 0) is 22.8 Å². The fraction of sp³-hybridized carbons (Fsp3) is 0.182. The predicted octanol–water partition coefficient (Wildman–Crippen LogP) is 3.53. The van der Waals surface area contributed by atoms with Crippen molar-refractivity contribution in [3.05, 3.63) is 95.7 Å². The Labute approximate surface area is 160 Å². The van der Waals surface area contributed by atoms with Crippen molar-refractivity contribution in [2.75, 3.05) is 7.05 Å². The molecule has 0 saturated carbocycles. The van der Waals surface area contributed by atoms with E-state index in [1.54, 1.807) is 13.2 Å². The van der Waals surface area contributed by atoms with E-state index in [2.05, 4.69) is 32.7 Å². The second-order valence-corrected chi connectivity index (χ2v) is 6.04. The van der Waals surface area contributed by atoms with Crippen LogP contribution in [-0.4, -0.2) is 18.0 Å².